The maximum absolute atomic E-state index is 12.3. The second-order valence-corrected chi connectivity index (χ2v) is 7.73. The summed E-state index contributed by atoms with van der Waals surface area (Å²) >= 11 is 5.90. The molecule has 120 valence electrons. The molecule has 2 nitrogen and oxygen atoms in total. The molecule has 0 amide bonds. The monoisotopic (exact) mass is 320 g/mol. The summed E-state index contributed by atoms with van der Waals surface area (Å²) in [7, 11) is 0. The van der Waals surface area contributed by atoms with Gasteiger partial charge in [-0.25, -0.2) is 0 Å². The molecular weight excluding hydrogens is 296 g/mol. The molecule has 0 heterocycles. The Morgan fingerprint density at radius 3 is 2.68 bits per heavy atom. The number of aliphatic hydroxyl groups is 1. The Morgan fingerprint density at radius 1 is 1.41 bits per heavy atom. The third-order valence-corrected chi connectivity index (χ3v) is 4.83. The molecule has 22 heavy (non-hydrogen) atoms. The Kier molecular flexibility index (Phi) is 5.46. The Bertz CT molecular complexity index is 569. The van der Waals surface area contributed by atoms with E-state index in [1.807, 2.05) is 0 Å². The number of carbonyl (C=O) groups is 1. The minimum absolute atomic E-state index is 0.249. The zero-order chi connectivity index (χ0) is 16.3. The molecule has 2 atom stereocenters. The predicted molar refractivity (Wildman–Crippen MR) is 91.3 cm³/mol. The lowest BCUT2D eigenvalue weighted by molar-refractivity contribution is 0.0743. The van der Waals surface area contributed by atoms with Crippen LogP contribution in [0.2, 0.25) is 5.02 Å². The molecule has 0 spiro atoms. The van der Waals surface area contributed by atoms with Crippen LogP contribution in [0.25, 0.3) is 0 Å². The lowest BCUT2D eigenvalue weighted by Gasteiger charge is -2.33. The number of benzene rings is 1. The van der Waals surface area contributed by atoms with E-state index in [1.54, 1.807) is 24.3 Å². The molecule has 2 rings (SSSR count). The second kappa shape index (κ2) is 6.97. The van der Waals surface area contributed by atoms with E-state index >= 15 is 0 Å². The molecule has 0 saturated heterocycles. The van der Waals surface area contributed by atoms with Gasteiger partial charge in [-0.2, -0.15) is 0 Å². The second-order valence-electron chi connectivity index (χ2n) is 7.29. The first kappa shape index (κ1) is 17.2. The van der Waals surface area contributed by atoms with Gasteiger partial charge in [0.05, 0.1) is 0 Å². The highest BCUT2D eigenvalue weighted by molar-refractivity contribution is 6.31. The zero-order valence-corrected chi connectivity index (χ0v) is 14.4. The van der Waals surface area contributed by atoms with Crippen LogP contribution in [0.3, 0.4) is 0 Å². The summed E-state index contributed by atoms with van der Waals surface area (Å²) in [6, 6.07) is 6.76. The predicted octanol–water partition coefficient (Wildman–Crippen LogP) is 5.05. The van der Waals surface area contributed by atoms with Gasteiger partial charge in [0.15, 0.2) is 5.78 Å². The average molecular weight is 321 g/mol. The fourth-order valence-corrected chi connectivity index (χ4v) is 3.23. The number of allylic oxidation sites excluding steroid dienone is 1. The van der Waals surface area contributed by atoms with Crippen molar-refractivity contribution in [3.8, 4) is 0 Å². The highest BCUT2D eigenvalue weighted by atomic mass is 35.5. The first-order valence-corrected chi connectivity index (χ1v) is 8.31. The van der Waals surface area contributed by atoms with E-state index in [2.05, 4.69) is 26.8 Å². The summed E-state index contributed by atoms with van der Waals surface area (Å²) < 4.78 is 0. The molecule has 0 aromatic heterocycles. The summed E-state index contributed by atoms with van der Waals surface area (Å²) in [6.45, 7) is 6.82. The van der Waals surface area contributed by atoms with E-state index < -0.39 is 6.10 Å². The van der Waals surface area contributed by atoms with Gasteiger partial charge in [-0.15, -0.1) is 0 Å². The summed E-state index contributed by atoms with van der Waals surface area (Å²) in [5.74, 6) is 0.429. The third kappa shape index (κ3) is 4.44. The number of rotatable bonds is 4. The van der Waals surface area contributed by atoms with Crippen LogP contribution in [0, 0.1) is 11.3 Å². The third-order valence-electron chi connectivity index (χ3n) is 4.60. The molecule has 1 aliphatic carbocycles. The van der Waals surface area contributed by atoms with Crippen molar-refractivity contribution < 1.29 is 9.90 Å². The molecule has 3 heteroatoms. The molecule has 0 fully saturated rings. The minimum atomic E-state index is -0.976. The highest BCUT2D eigenvalue weighted by Gasteiger charge is 2.27. The SMILES string of the molecule is CC(C)(C)[C@@H]1CC=C(C[C@H](O)C(=O)c2cccc(Cl)c2)CC1. The summed E-state index contributed by atoms with van der Waals surface area (Å²) in [5.41, 5.74) is 1.99. The van der Waals surface area contributed by atoms with Crippen molar-refractivity contribution in [3.63, 3.8) is 0 Å². The summed E-state index contributed by atoms with van der Waals surface area (Å²) in [6.07, 6.45) is 4.82. The molecule has 0 aliphatic heterocycles. The molecule has 0 bridgehead atoms. The van der Waals surface area contributed by atoms with Gasteiger partial charge in [0, 0.05) is 17.0 Å². The van der Waals surface area contributed by atoms with Gasteiger partial charge in [-0.3, -0.25) is 4.79 Å². The number of halogens is 1. The Labute approximate surface area is 138 Å². The number of ketones is 1. The van der Waals surface area contributed by atoms with Crippen LogP contribution in [-0.2, 0) is 0 Å². The molecule has 1 aromatic carbocycles. The van der Waals surface area contributed by atoms with Crippen molar-refractivity contribution in [1.29, 1.82) is 0 Å². The Morgan fingerprint density at radius 2 is 2.14 bits per heavy atom. The molecular formula is C19H25ClO2. The van der Waals surface area contributed by atoms with Crippen molar-refractivity contribution in [3.05, 3.63) is 46.5 Å². The van der Waals surface area contributed by atoms with Gasteiger partial charge in [-0.05, 0) is 42.7 Å². The van der Waals surface area contributed by atoms with Crippen LogP contribution < -0.4 is 0 Å². The van der Waals surface area contributed by atoms with Crippen molar-refractivity contribution in [2.45, 2.75) is 52.6 Å². The molecule has 0 unspecified atom stereocenters. The smallest absolute Gasteiger partial charge is 0.191 e. The first-order chi connectivity index (χ1) is 10.3. The van der Waals surface area contributed by atoms with Crippen molar-refractivity contribution in [2.24, 2.45) is 11.3 Å². The molecule has 1 aliphatic rings. The van der Waals surface area contributed by atoms with E-state index in [0.717, 1.165) is 19.3 Å². The number of Topliss-reactive ketones (excluding diaryl/α,β-unsaturated/α-hetero) is 1. The maximum atomic E-state index is 12.3. The van der Waals surface area contributed by atoms with Crippen LogP contribution in [0.4, 0.5) is 0 Å². The van der Waals surface area contributed by atoms with Crippen molar-refractivity contribution in [2.75, 3.05) is 0 Å². The number of aliphatic hydroxyl groups excluding tert-OH is 1. The van der Waals surface area contributed by atoms with E-state index in [1.165, 1.54) is 5.57 Å². The van der Waals surface area contributed by atoms with Gasteiger partial charge >= 0.3 is 0 Å². The van der Waals surface area contributed by atoms with E-state index in [4.69, 9.17) is 11.6 Å². The fraction of sp³-hybridized carbons (Fsp3) is 0.526. The highest BCUT2D eigenvalue weighted by Crippen LogP contribution is 2.38. The van der Waals surface area contributed by atoms with Gasteiger partial charge in [0.2, 0.25) is 0 Å². The average Bonchev–Trinajstić information content (AvgIpc) is 2.46. The van der Waals surface area contributed by atoms with Gasteiger partial charge in [0.1, 0.15) is 6.10 Å². The Balaban J connectivity index is 1.97. The normalized spacial score (nSPS) is 20.4. The number of carbonyl (C=O) groups excluding carboxylic acids is 1. The van der Waals surface area contributed by atoms with Crippen molar-refractivity contribution in [1.82, 2.24) is 0 Å². The van der Waals surface area contributed by atoms with Crippen LogP contribution in [0.5, 0.6) is 0 Å². The lowest BCUT2D eigenvalue weighted by atomic mass is 9.72. The van der Waals surface area contributed by atoms with Gasteiger partial charge < -0.3 is 5.11 Å². The molecule has 1 aromatic rings. The summed E-state index contributed by atoms with van der Waals surface area (Å²) in [4.78, 5) is 12.3. The maximum Gasteiger partial charge on any atom is 0.191 e. The molecule has 0 saturated carbocycles. The lowest BCUT2D eigenvalue weighted by Crippen LogP contribution is -2.25. The van der Waals surface area contributed by atoms with Crippen LogP contribution >= 0.6 is 11.6 Å². The number of hydrogen-bond donors (Lipinski definition) is 1. The fourth-order valence-electron chi connectivity index (χ4n) is 3.04. The van der Waals surface area contributed by atoms with Crippen LogP contribution in [0.15, 0.2) is 35.9 Å². The quantitative estimate of drug-likeness (QED) is 0.623. The van der Waals surface area contributed by atoms with E-state index in [9.17, 15) is 9.90 Å². The topological polar surface area (TPSA) is 37.3 Å². The summed E-state index contributed by atoms with van der Waals surface area (Å²) in [5, 5.41) is 10.7. The standard InChI is InChI=1S/C19H25ClO2/c1-19(2,3)15-9-7-13(8-10-15)11-17(21)18(22)14-5-4-6-16(20)12-14/h4-7,12,15,17,21H,8-11H2,1-3H3/t15-,17+/m1/s1. The zero-order valence-electron chi connectivity index (χ0n) is 13.6. The first-order valence-electron chi connectivity index (χ1n) is 7.93. The van der Waals surface area contributed by atoms with Crippen LogP contribution in [0.1, 0.15) is 56.8 Å². The molecule has 0 radical (unpaired) electrons. The largest absolute Gasteiger partial charge is 0.385 e. The van der Waals surface area contributed by atoms with Gasteiger partial charge in [-0.1, -0.05) is 56.2 Å². The van der Waals surface area contributed by atoms with Gasteiger partial charge in [0.25, 0.3) is 0 Å². The minimum Gasteiger partial charge on any atom is -0.385 e. The van der Waals surface area contributed by atoms with E-state index in [-0.39, 0.29) is 5.78 Å². The molecule has 1 N–H and O–H groups in total. The van der Waals surface area contributed by atoms with Crippen LogP contribution in [-0.4, -0.2) is 17.0 Å². The Hall–Kier alpha value is -1.12. The number of hydrogen-bond acceptors (Lipinski definition) is 2. The van der Waals surface area contributed by atoms with Crippen molar-refractivity contribution >= 4 is 17.4 Å². The van der Waals surface area contributed by atoms with E-state index in [0.29, 0.717) is 28.3 Å².